The highest BCUT2D eigenvalue weighted by molar-refractivity contribution is 5.74. The van der Waals surface area contributed by atoms with Crippen molar-refractivity contribution >= 4 is 5.91 Å². The van der Waals surface area contributed by atoms with Crippen LogP contribution in [0.4, 0.5) is 0 Å². The van der Waals surface area contributed by atoms with E-state index in [4.69, 9.17) is 5.73 Å². The lowest BCUT2D eigenvalue weighted by Crippen LogP contribution is -2.30. The Labute approximate surface area is 111 Å². The topological polar surface area (TPSA) is 85.8 Å². The lowest BCUT2D eigenvalue weighted by molar-refractivity contribution is -0.118. The van der Waals surface area contributed by atoms with Gasteiger partial charge in [-0.25, -0.2) is 0 Å². The molecular weight excluding hydrogens is 242 g/mol. The van der Waals surface area contributed by atoms with Gasteiger partial charge in [0.1, 0.15) is 0 Å². The number of nitrogens with two attached hydrogens (primary N) is 1. The molecule has 0 spiro atoms. The van der Waals surface area contributed by atoms with E-state index in [9.17, 15) is 4.79 Å². The van der Waals surface area contributed by atoms with Crippen molar-refractivity contribution in [3.8, 4) is 5.69 Å². The third kappa shape index (κ3) is 3.89. The molecule has 0 saturated carbocycles. The van der Waals surface area contributed by atoms with Gasteiger partial charge in [-0.1, -0.05) is 18.2 Å². The SMILES string of the molecule is CC(CC(N)=O)NCc1cnn(-c2ccccc2)n1. The Morgan fingerprint density at radius 2 is 2.16 bits per heavy atom. The molecule has 19 heavy (non-hydrogen) atoms. The smallest absolute Gasteiger partial charge is 0.218 e. The number of hydrogen-bond donors (Lipinski definition) is 2. The maximum atomic E-state index is 10.8. The van der Waals surface area contributed by atoms with Crippen LogP contribution in [0.5, 0.6) is 0 Å². The molecule has 2 aromatic rings. The Hall–Kier alpha value is -2.21. The van der Waals surface area contributed by atoms with E-state index in [1.165, 1.54) is 0 Å². The molecule has 0 aliphatic heterocycles. The molecule has 1 aromatic carbocycles. The third-order valence-electron chi connectivity index (χ3n) is 2.67. The molecule has 6 nitrogen and oxygen atoms in total. The van der Waals surface area contributed by atoms with Crippen LogP contribution in [0.25, 0.3) is 5.69 Å². The van der Waals surface area contributed by atoms with Crippen molar-refractivity contribution in [2.45, 2.75) is 25.9 Å². The van der Waals surface area contributed by atoms with Crippen LogP contribution in [0, 0.1) is 0 Å². The maximum absolute atomic E-state index is 10.8. The number of nitrogens with one attached hydrogen (secondary N) is 1. The second-order valence-corrected chi connectivity index (χ2v) is 4.41. The standard InChI is InChI=1S/C13H17N5O/c1-10(7-13(14)19)15-8-11-9-16-18(17-11)12-5-3-2-4-6-12/h2-6,9-10,15H,7-8H2,1H3,(H2,14,19). The van der Waals surface area contributed by atoms with E-state index in [0.717, 1.165) is 11.4 Å². The second kappa shape index (κ2) is 6.10. The Kier molecular flexibility index (Phi) is 4.25. The first-order valence-electron chi connectivity index (χ1n) is 6.13. The van der Waals surface area contributed by atoms with Crippen LogP contribution in [-0.4, -0.2) is 26.9 Å². The predicted octanol–water partition coefficient (Wildman–Crippen LogP) is 0.621. The van der Waals surface area contributed by atoms with Gasteiger partial charge in [0.15, 0.2) is 0 Å². The summed E-state index contributed by atoms with van der Waals surface area (Å²) in [5.41, 5.74) is 6.87. The molecule has 0 bridgehead atoms. The van der Waals surface area contributed by atoms with Gasteiger partial charge in [0.2, 0.25) is 5.91 Å². The lowest BCUT2D eigenvalue weighted by atomic mass is 10.2. The van der Waals surface area contributed by atoms with Crippen LogP contribution < -0.4 is 11.1 Å². The summed E-state index contributed by atoms with van der Waals surface area (Å²) in [4.78, 5) is 12.3. The van der Waals surface area contributed by atoms with Gasteiger partial charge in [0.05, 0.1) is 17.6 Å². The van der Waals surface area contributed by atoms with Gasteiger partial charge in [-0.05, 0) is 19.1 Å². The van der Waals surface area contributed by atoms with E-state index in [-0.39, 0.29) is 11.9 Å². The molecule has 3 N–H and O–H groups in total. The van der Waals surface area contributed by atoms with Crippen molar-refractivity contribution in [3.63, 3.8) is 0 Å². The van der Waals surface area contributed by atoms with Crippen LogP contribution in [0.15, 0.2) is 36.5 Å². The minimum Gasteiger partial charge on any atom is -0.370 e. The molecule has 6 heteroatoms. The molecule has 100 valence electrons. The Balaban J connectivity index is 1.93. The number of benzene rings is 1. The molecular formula is C13H17N5O. The summed E-state index contributed by atoms with van der Waals surface area (Å²) in [5.74, 6) is -0.312. The molecule has 0 aliphatic rings. The number of aromatic nitrogens is 3. The van der Waals surface area contributed by atoms with E-state index < -0.39 is 0 Å². The molecule has 1 unspecified atom stereocenters. The van der Waals surface area contributed by atoms with Gasteiger partial charge in [0, 0.05) is 19.0 Å². The Morgan fingerprint density at radius 3 is 2.84 bits per heavy atom. The van der Waals surface area contributed by atoms with Crippen LogP contribution in [-0.2, 0) is 11.3 Å². The molecule has 1 aromatic heterocycles. The summed E-state index contributed by atoms with van der Waals surface area (Å²) in [6.45, 7) is 2.47. The molecule has 2 rings (SSSR count). The summed E-state index contributed by atoms with van der Waals surface area (Å²) < 4.78 is 0. The average Bonchev–Trinajstić information content (AvgIpc) is 2.85. The quantitative estimate of drug-likeness (QED) is 0.796. The van der Waals surface area contributed by atoms with Gasteiger partial charge >= 0.3 is 0 Å². The summed E-state index contributed by atoms with van der Waals surface area (Å²) in [5, 5.41) is 11.7. The zero-order valence-electron chi connectivity index (χ0n) is 10.8. The first-order valence-corrected chi connectivity index (χ1v) is 6.13. The van der Waals surface area contributed by atoms with E-state index in [1.54, 1.807) is 11.0 Å². The van der Waals surface area contributed by atoms with Crippen molar-refractivity contribution in [3.05, 3.63) is 42.2 Å². The summed E-state index contributed by atoms with van der Waals surface area (Å²) in [6, 6.07) is 9.72. The summed E-state index contributed by atoms with van der Waals surface area (Å²) in [6.07, 6.45) is 2.02. The highest BCUT2D eigenvalue weighted by Gasteiger charge is 2.07. The van der Waals surface area contributed by atoms with Gasteiger partial charge in [-0.15, -0.1) is 0 Å². The highest BCUT2D eigenvalue weighted by Crippen LogP contribution is 2.04. The fourth-order valence-corrected chi connectivity index (χ4v) is 1.71. The Bertz CT molecular complexity index is 537. The molecule has 0 aliphatic carbocycles. The minimum absolute atomic E-state index is 0.0272. The van der Waals surface area contributed by atoms with E-state index in [1.807, 2.05) is 37.3 Å². The number of carbonyl (C=O) groups excluding carboxylic acids is 1. The van der Waals surface area contributed by atoms with Crippen LogP contribution in [0.2, 0.25) is 0 Å². The van der Waals surface area contributed by atoms with E-state index >= 15 is 0 Å². The molecule has 1 amide bonds. The number of primary amides is 1. The van der Waals surface area contributed by atoms with E-state index in [2.05, 4.69) is 15.5 Å². The number of nitrogens with zero attached hydrogens (tertiary/aromatic N) is 3. The second-order valence-electron chi connectivity index (χ2n) is 4.41. The molecule has 0 radical (unpaired) electrons. The first kappa shape index (κ1) is 13.2. The largest absolute Gasteiger partial charge is 0.370 e. The van der Waals surface area contributed by atoms with Crippen molar-refractivity contribution < 1.29 is 4.79 Å². The van der Waals surface area contributed by atoms with Gasteiger partial charge < -0.3 is 11.1 Å². The summed E-state index contributed by atoms with van der Waals surface area (Å²) in [7, 11) is 0. The van der Waals surface area contributed by atoms with Crippen molar-refractivity contribution in [2.24, 2.45) is 5.73 Å². The zero-order chi connectivity index (χ0) is 13.7. The zero-order valence-corrected chi connectivity index (χ0v) is 10.8. The van der Waals surface area contributed by atoms with Crippen LogP contribution >= 0.6 is 0 Å². The third-order valence-corrected chi connectivity index (χ3v) is 2.67. The van der Waals surface area contributed by atoms with Gasteiger partial charge in [0.25, 0.3) is 0 Å². The Morgan fingerprint density at radius 1 is 1.42 bits per heavy atom. The van der Waals surface area contributed by atoms with Crippen LogP contribution in [0.3, 0.4) is 0 Å². The fraction of sp³-hybridized carbons (Fsp3) is 0.308. The number of rotatable bonds is 6. The number of para-hydroxylation sites is 1. The molecule has 1 atom stereocenters. The lowest BCUT2D eigenvalue weighted by Gasteiger charge is -2.09. The minimum atomic E-state index is -0.312. The monoisotopic (exact) mass is 259 g/mol. The normalized spacial score (nSPS) is 12.3. The van der Waals surface area contributed by atoms with Crippen molar-refractivity contribution in [2.75, 3.05) is 0 Å². The highest BCUT2D eigenvalue weighted by atomic mass is 16.1. The fourth-order valence-electron chi connectivity index (χ4n) is 1.71. The van der Waals surface area contributed by atoms with Crippen molar-refractivity contribution in [1.82, 2.24) is 20.3 Å². The molecule has 0 saturated heterocycles. The summed E-state index contributed by atoms with van der Waals surface area (Å²) >= 11 is 0. The van der Waals surface area contributed by atoms with Crippen LogP contribution in [0.1, 0.15) is 19.0 Å². The van der Waals surface area contributed by atoms with Gasteiger partial charge in [-0.2, -0.15) is 15.0 Å². The average molecular weight is 259 g/mol. The van der Waals surface area contributed by atoms with E-state index in [0.29, 0.717) is 13.0 Å². The van der Waals surface area contributed by atoms with Crippen molar-refractivity contribution in [1.29, 1.82) is 0 Å². The number of carbonyl (C=O) groups is 1. The predicted molar refractivity (Wildman–Crippen MR) is 71.5 cm³/mol. The van der Waals surface area contributed by atoms with Gasteiger partial charge in [-0.3, -0.25) is 4.79 Å². The molecule has 1 heterocycles. The number of hydrogen-bond acceptors (Lipinski definition) is 4. The maximum Gasteiger partial charge on any atom is 0.218 e. The molecule has 0 fully saturated rings. The first-order chi connectivity index (χ1) is 9.15. The number of amides is 1.